The van der Waals surface area contributed by atoms with Crippen LogP contribution in [0.1, 0.15) is 35.1 Å². The van der Waals surface area contributed by atoms with Crippen LogP contribution in [0.5, 0.6) is 0 Å². The van der Waals surface area contributed by atoms with Gasteiger partial charge in [-0.2, -0.15) is 0 Å². The number of para-hydroxylation sites is 3. The van der Waals surface area contributed by atoms with Gasteiger partial charge in [-0.15, -0.1) is 0 Å². The van der Waals surface area contributed by atoms with Crippen LogP contribution in [-0.2, 0) is 0 Å². The fourth-order valence-corrected chi connectivity index (χ4v) is 4.58. The summed E-state index contributed by atoms with van der Waals surface area (Å²) in [5.41, 5.74) is 3.63. The van der Waals surface area contributed by atoms with Gasteiger partial charge in [0.1, 0.15) is 11.5 Å². The summed E-state index contributed by atoms with van der Waals surface area (Å²) >= 11 is 3.61. The molecule has 6 heteroatoms. The second-order valence-electron chi connectivity index (χ2n) is 7.09. The fourth-order valence-electron chi connectivity index (χ4n) is 3.96. The molecule has 1 aliphatic rings. The topological polar surface area (TPSA) is 64.8 Å². The number of H-pyrrole nitrogens is 2. The second kappa shape index (κ2) is 6.53. The van der Waals surface area contributed by atoms with Gasteiger partial charge in [-0.3, -0.25) is 4.79 Å². The molecule has 1 atom stereocenters. The number of piperidine rings is 1. The van der Waals surface area contributed by atoms with Crippen LogP contribution in [-0.4, -0.2) is 38.8 Å². The first-order chi connectivity index (χ1) is 13.2. The van der Waals surface area contributed by atoms with Gasteiger partial charge in [0.25, 0.3) is 5.91 Å². The first-order valence-corrected chi connectivity index (χ1v) is 10.00. The lowest BCUT2D eigenvalue weighted by Gasteiger charge is -2.31. The number of carbonyl (C=O) groups is 1. The average molecular weight is 423 g/mol. The molecule has 136 valence electrons. The maximum Gasteiger partial charge on any atom is 0.271 e. The van der Waals surface area contributed by atoms with Crippen molar-refractivity contribution in [3.8, 4) is 0 Å². The number of hydrogen-bond acceptors (Lipinski definition) is 2. The molecule has 2 aromatic carbocycles. The lowest BCUT2D eigenvalue weighted by atomic mass is 9.97. The number of likely N-dealkylation sites (tertiary alicyclic amines) is 1. The summed E-state index contributed by atoms with van der Waals surface area (Å²) in [7, 11) is 0. The number of carbonyl (C=O) groups excluding carboxylic acids is 1. The molecule has 1 saturated heterocycles. The molecule has 5 rings (SSSR count). The van der Waals surface area contributed by atoms with E-state index < -0.39 is 0 Å². The molecule has 0 bridgehead atoms. The van der Waals surface area contributed by atoms with Crippen molar-refractivity contribution in [2.75, 3.05) is 13.1 Å². The van der Waals surface area contributed by atoms with Gasteiger partial charge in [0.05, 0.1) is 15.5 Å². The molecule has 0 spiro atoms. The molecule has 1 fully saturated rings. The van der Waals surface area contributed by atoms with Crippen LogP contribution >= 0.6 is 15.9 Å². The summed E-state index contributed by atoms with van der Waals surface area (Å²) in [6.07, 6.45) is 2.02. The van der Waals surface area contributed by atoms with Crippen molar-refractivity contribution in [2.24, 2.45) is 0 Å². The molecule has 4 aromatic rings. The lowest BCUT2D eigenvalue weighted by molar-refractivity contribution is 0.0699. The Labute approximate surface area is 164 Å². The van der Waals surface area contributed by atoms with E-state index in [0.717, 1.165) is 51.6 Å². The Morgan fingerprint density at radius 1 is 1.07 bits per heavy atom. The Morgan fingerprint density at radius 2 is 1.85 bits per heavy atom. The predicted molar refractivity (Wildman–Crippen MR) is 110 cm³/mol. The second-order valence-corrected chi connectivity index (χ2v) is 7.88. The van der Waals surface area contributed by atoms with E-state index in [9.17, 15) is 4.79 Å². The zero-order valence-electron chi connectivity index (χ0n) is 14.7. The quantitative estimate of drug-likeness (QED) is 0.485. The van der Waals surface area contributed by atoms with Gasteiger partial charge >= 0.3 is 0 Å². The Hall–Kier alpha value is -2.60. The van der Waals surface area contributed by atoms with Crippen molar-refractivity contribution in [1.29, 1.82) is 0 Å². The number of imidazole rings is 1. The number of rotatable bonds is 2. The third kappa shape index (κ3) is 2.84. The normalized spacial score (nSPS) is 17.7. The fraction of sp³-hybridized carbons (Fsp3) is 0.238. The number of amides is 1. The van der Waals surface area contributed by atoms with E-state index >= 15 is 0 Å². The smallest absolute Gasteiger partial charge is 0.271 e. The Kier molecular flexibility index (Phi) is 4.01. The predicted octanol–water partition coefficient (Wildman–Crippen LogP) is 4.83. The summed E-state index contributed by atoms with van der Waals surface area (Å²) in [6, 6.07) is 16.0. The standard InChI is InChI=1S/C21H19BrN4O/c22-18-14-7-1-2-8-15(14)23-19(18)21(27)26-11-5-6-13(12-26)20-24-16-9-3-4-10-17(16)25-20/h1-4,7-10,13,23H,5-6,11-12H2,(H,24,25). The SMILES string of the molecule is O=C(c1[nH]c2ccccc2c1Br)N1CCCC(c2nc3ccccc3[nH]2)C1. The van der Waals surface area contributed by atoms with Gasteiger partial charge in [0, 0.05) is 29.9 Å². The summed E-state index contributed by atoms with van der Waals surface area (Å²) in [6.45, 7) is 1.46. The lowest BCUT2D eigenvalue weighted by Crippen LogP contribution is -2.39. The van der Waals surface area contributed by atoms with E-state index in [2.05, 4.69) is 25.9 Å². The van der Waals surface area contributed by atoms with Crippen molar-refractivity contribution in [3.05, 3.63) is 64.5 Å². The molecule has 0 saturated carbocycles. The number of aromatic amines is 2. The molecule has 2 aromatic heterocycles. The van der Waals surface area contributed by atoms with Crippen LogP contribution < -0.4 is 0 Å². The first-order valence-electron chi connectivity index (χ1n) is 9.21. The largest absolute Gasteiger partial charge is 0.350 e. The maximum atomic E-state index is 13.2. The minimum atomic E-state index is 0.0406. The van der Waals surface area contributed by atoms with Gasteiger partial charge in [-0.1, -0.05) is 30.3 Å². The van der Waals surface area contributed by atoms with Crippen LogP contribution in [0.15, 0.2) is 53.0 Å². The van der Waals surface area contributed by atoms with Crippen molar-refractivity contribution in [3.63, 3.8) is 0 Å². The summed E-state index contributed by atoms with van der Waals surface area (Å²) < 4.78 is 0.842. The third-order valence-electron chi connectivity index (χ3n) is 5.36. The number of aromatic nitrogens is 3. The highest BCUT2D eigenvalue weighted by Crippen LogP contribution is 2.31. The monoisotopic (exact) mass is 422 g/mol. The highest BCUT2D eigenvalue weighted by Gasteiger charge is 2.29. The highest BCUT2D eigenvalue weighted by molar-refractivity contribution is 9.10. The Bertz CT molecular complexity index is 1110. The molecular formula is C21H19BrN4O. The molecule has 0 radical (unpaired) electrons. The molecule has 1 unspecified atom stereocenters. The molecule has 1 amide bonds. The van der Waals surface area contributed by atoms with E-state index in [1.165, 1.54) is 0 Å². The molecule has 1 aliphatic heterocycles. The van der Waals surface area contributed by atoms with Gasteiger partial charge in [-0.05, 0) is 47.0 Å². The zero-order valence-corrected chi connectivity index (χ0v) is 16.3. The van der Waals surface area contributed by atoms with Gasteiger partial charge in [0.15, 0.2) is 0 Å². The molecule has 3 heterocycles. The number of benzene rings is 2. The Morgan fingerprint density at radius 3 is 2.67 bits per heavy atom. The van der Waals surface area contributed by atoms with Crippen molar-refractivity contribution in [2.45, 2.75) is 18.8 Å². The summed E-state index contributed by atoms with van der Waals surface area (Å²) in [4.78, 5) is 26.6. The number of fused-ring (bicyclic) bond motifs is 2. The Balaban J connectivity index is 1.43. The molecule has 0 aliphatic carbocycles. The average Bonchev–Trinajstić information content (AvgIpc) is 3.29. The van der Waals surface area contributed by atoms with E-state index in [0.29, 0.717) is 12.2 Å². The number of nitrogens with one attached hydrogen (secondary N) is 2. The molecule has 5 nitrogen and oxygen atoms in total. The highest BCUT2D eigenvalue weighted by atomic mass is 79.9. The van der Waals surface area contributed by atoms with Gasteiger partial charge in [0.2, 0.25) is 0 Å². The van der Waals surface area contributed by atoms with Gasteiger partial charge in [-0.25, -0.2) is 4.98 Å². The minimum absolute atomic E-state index is 0.0406. The maximum absolute atomic E-state index is 13.2. The third-order valence-corrected chi connectivity index (χ3v) is 6.18. The van der Waals surface area contributed by atoms with Crippen molar-refractivity contribution in [1.82, 2.24) is 19.9 Å². The van der Waals surface area contributed by atoms with Gasteiger partial charge < -0.3 is 14.9 Å². The van der Waals surface area contributed by atoms with Crippen LogP contribution in [0.3, 0.4) is 0 Å². The van der Waals surface area contributed by atoms with Crippen molar-refractivity contribution >= 4 is 43.8 Å². The van der Waals surface area contributed by atoms with E-state index in [1.54, 1.807) is 0 Å². The number of halogens is 1. The van der Waals surface area contributed by atoms with Crippen LogP contribution in [0.4, 0.5) is 0 Å². The van der Waals surface area contributed by atoms with Crippen LogP contribution in [0.2, 0.25) is 0 Å². The minimum Gasteiger partial charge on any atom is -0.350 e. The summed E-state index contributed by atoms with van der Waals surface area (Å²) in [5, 5.41) is 1.03. The molecule has 2 N–H and O–H groups in total. The van der Waals surface area contributed by atoms with E-state index in [1.807, 2.05) is 53.4 Å². The van der Waals surface area contributed by atoms with E-state index in [-0.39, 0.29) is 11.8 Å². The molecule has 27 heavy (non-hydrogen) atoms. The molecular weight excluding hydrogens is 404 g/mol. The van der Waals surface area contributed by atoms with E-state index in [4.69, 9.17) is 4.98 Å². The number of nitrogens with zero attached hydrogens (tertiary/aromatic N) is 2. The van der Waals surface area contributed by atoms with Crippen LogP contribution in [0, 0.1) is 0 Å². The first kappa shape index (κ1) is 16.6. The van der Waals surface area contributed by atoms with Crippen molar-refractivity contribution < 1.29 is 4.79 Å². The number of hydrogen-bond donors (Lipinski definition) is 2. The van der Waals surface area contributed by atoms with Crippen LogP contribution in [0.25, 0.3) is 21.9 Å². The summed E-state index contributed by atoms with van der Waals surface area (Å²) in [5.74, 6) is 1.25. The zero-order chi connectivity index (χ0) is 18.4.